The number of nitrogens with zero attached hydrogens (tertiary/aromatic N) is 1. The van der Waals surface area contributed by atoms with Gasteiger partial charge in [-0.05, 0) is 36.1 Å². The van der Waals surface area contributed by atoms with Crippen LogP contribution in [0.15, 0.2) is 41.8 Å². The van der Waals surface area contributed by atoms with Crippen molar-refractivity contribution in [2.45, 2.75) is 20.0 Å². The van der Waals surface area contributed by atoms with Crippen molar-refractivity contribution in [1.29, 1.82) is 0 Å². The van der Waals surface area contributed by atoms with Crippen LogP contribution in [0.4, 0.5) is 4.79 Å². The van der Waals surface area contributed by atoms with E-state index in [1.54, 1.807) is 22.7 Å². The van der Waals surface area contributed by atoms with Gasteiger partial charge in [-0.2, -0.15) is 0 Å². The van der Waals surface area contributed by atoms with Crippen LogP contribution in [0, 0.1) is 6.92 Å². The summed E-state index contributed by atoms with van der Waals surface area (Å²) in [5, 5.41) is 9.44. The smallest absolute Gasteiger partial charge is 0.315 e. The first kappa shape index (κ1) is 17.0. The molecule has 2 heterocycles. The molecule has 0 saturated carbocycles. The van der Waals surface area contributed by atoms with Crippen molar-refractivity contribution in [3.05, 3.63) is 62.9 Å². The van der Waals surface area contributed by atoms with Crippen LogP contribution in [0.2, 0.25) is 5.02 Å². The maximum Gasteiger partial charge on any atom is 0.315 e. The van der Waals surface area contributed by atoms with Crippen LogP contribution < -0.4 is 10.6 Å². The van der Waals surface area contributed by atoms with Crippen molar-refractivity contribution < 1.29 is 4.79 Å². The molecule has 0 spiro atoms. The standard InChI is InChI=1S/C17H16ClN3OS2/c1-11-15(24-16(21-11)14-3-2-8-23-14)10-20-17(22)19-9-12-4-6-13(18)7-5-12/h2-8H,9-10H2,1H3,(H2,19,20,22). The fraction of sp³-hybridized carbons (Fsp3) is 0.176. The molecule has 0 fully saturated rings. The van der Waals surface area contributed by atoms with Gasteiger partial charge in [0.25, 0.3) is 0 Å². The highest BCUT2D eigenvalue weighted by atomic mass is 35.5. The number of carbonyl (C=O) groups excluding carboxylic acids is 1. The number of thiophene rings is 1. The van der Waals surface area contributed by atoms with Gasteiger partial charge in [-0.15, -0.1) is 22.7 Å². The first-order valence-electron chi connectivity index (χ1n) is 7.38. The van der Waals surface area contributed by atoms with E-state index >= 15 is 0 Å². The molecule has 24 heavy (non-hydrogen) atoms. The average molecular weight is 378 g/mol. The Morgan fingerprint density at radius 3 is 2.62 bits per heavy atom. The predicted octanol–water partition coefficient (Wildman–Crippen LogP) is 4.83. The third kappa shape index (κ3) is 4.35. The molecule has 2 aromatic heterocycles. The summed E-state index contributed by atoms with van der Waals surface area (Å²) in [6, 6.07) is 11.3. The number of hydrogen-bond acceptors (Lipinski definition) is 4. The number of thiazole rings is 1. The molecular weight excluding hydrogens is 362 g/mol. The van der Waals surface area contributed by atoms with Crippen molar-refractivity contribution in [2.24, 2.45) is 0 Å². The fourth-order valence-electron chi connectivity index (χ4n) is 2.11. The van der Waals surface area contributed by atoms with Crippen molar-refractivity contribution in [2.75, 3.05) is 0 Å². The fourth-order valence-corrected chi connectivity index (χ4v) is 4.03. The highest BCUT2D eigenvalue weighted by Gasteiger charge is 2.11. The molecule has 3 rings (SSSR count). The van der Waals surface area contributed by atoms with Crippen LogP contribution >= 0.6 is 34.3 Å². The summed E-state index contributed by atoms with van der Waals surface area (Å²) in [4.78, 5) is 18.7. The number of aryl methyl sites for hydroxylation is 1. The lowest BCUT2D eigenvalue weighted by molar-refractivity contribution is 0.240. The van der Waals surface area contributed by atoms with Crippen LogP contribution in [0.1, 0.15) is 16.1 Å². The topological polar surface area (TPSA) is 54.0 Å². The summed E-state index contributed by atoms with van der Waals surface area (Å²) in [6.07, 6.45) is 0. The minimum absolute atomic E-state index is 0.199. The summed E-state index contributed by atoms with van der Waals surface area (Å²) in [6.45, 7) is 2.91. The number of aromatic nitrogens is 1. The molecule has 0 bridgehead atoms. The molecule has 4 nitrogen and oxygen atoms in total. The van der Waals surface area contributed by atoms with Gasteiger partial charge < -0.3 is 10.6 Å². The van der Waals surface area contributed by atoms with E-state index in [2.05, 4.69) is 21.7 Å². The number of amides is 2. The summed E-state index contributed by atoms with van der Waals surface area (Å²) >= 11 is 9.13. The molecule has 0 aliphatic carbocycles. The number of carbonyl (C=O) groups is 1. The maximum atomic E-state index is 11.9. The highest BCUT2D eigenvalue weighted by molar-refractivity contribution is 7.21. The Morgan fingerprint density at radius 2 is 1.92 bits per heavy atom. The minimum atomic E-state index is -0.199. The van der Waals surface area contributed by atoms with Gasteiger partial charge in [-0.25, -0.2) is 9.78 Å². The maximum absolute atomic E-state index is 11.9. The SMILES string of the molecule is Cc1nc(-c2cccs2)sc1CNC(=O)NCc1ccc(Cl)cc1. The average Bonchev–Trinajstić information content (AvgIpc) is 3.22. The third-order valence-corrected chi connectivity index (χ3v) is 5.85. The van der Waals surface area contributed by atoms with E-state index in [9.17, 15) is 4.79 Å². The van der Waals surface area contributed by atoms with E-state index in [4.69, 9.17) is 11.6 Å². The molecule has 2 amide bonds. The number of nitrogens with one attached hydrogen (secondary N) is 2. The number of halogens is 1. The highest BCUT2D eigenvalue weighted by Crippen LogP contribution is 2.30. The molecule has 3 aromatic rings. The van der Waals surface area contributed by atoms with Crippen LogP contribution in [0.25, 0.3) is 9.88 Å². The second kappa shape index (κ2) is 7.79. The Morgan fingerprint density at radius 1 is 1.17 bits per heavy atom. The van der Waals surface area contributed by atoms with E-state index in [-0.39, 0.29) is 6.03 Å². The van der Waals surface area contributed by atoms with Gasteiger partial charge in [0.05, 0.1) is 17.1 Å². The largest absolute Gasteiger partial charge is 0.334 e. The Labute approximate surface area is 153 Å². The number of urea groups is 1. The van der Waals surface area contributed by atoms with Gasteiger partial charge in [-0.1, -0.05) is 29.8 Å². The lowest BCUT2D eigenvalue weighted by atomic mass is 10.2. The zero-order valence-corrected chi connectivity index (χ0v) is 15.4. The molecule has 0 aliphatic rings. The van der Waals surface area contributed by atoms with Crippen molar-refractivity contribution in [1.82, 2.24) is 15.6 Å². The third-order valence-electron chi connectivity index (χ3n) is 3.40. The van der Waals surface area contributed by atoms with E-state index in [1.807, 2.05) is 42.6 Å². The molecule has 0 aliphatic heterocycles. The second-order valence-electron chi connectivity index (χ2n) is 5.17. The summed E-state index contributed by atoms with van der Waals surface area (Å²) in [5.74, 6) is 0. The zero-order valence-electron chi connectivity index (χ0n) is 13.0. The molecule has 0 radical (unpaired) electrons. The Balaban J connectivity index is 1.52. The number of benzene rings is 1. The molecular formula is C17H16ClN3OS2. The van der Waals surface area contributed by atoms with Gasteiger partial charge in [-0.3, -0.25) is 0 Å². The van der Waals surface area contributed by atoms with Crippen LogP contribution in [-0.2, 0) is 13.1 Å². The van der Waals surface area contributed by atoms with Crippen LogP contribution in [0.5, 0.6) is 0 Å². The van der Waals surface area contributed by atoms with E-state index in [1.165, 1.54) is 0 Å². The van der Waals surface area contributed by atoms with Crippen LogP contribution in [-0.4, -0.2) is 11.0 Å². The quantitative estimate of drug-likeness (QED) is 0.668. The first-order valence-corrected chi connectivity index (χ1v) is 9.45. The Hall–Kier alpha value is -1.89. The zero-order chi connectivity index (χ0) is 16.9. The summed E-state index contributed by atoms with van der Waals surface area (Å²) in [7, 11) is 0. The molecule has 7 heteroatoms. The van der Waals surface area contributed by atoms with Crippen molar-refractivity contribution >= 4 is 40.3 Å². The van der Waals surface area contributed by atoms with Gasteiger partial charge >= 0.3 is 6.03 Å². The van der Waals surface area contributed by atoms with Crippen molar-refractivity contribution in [3.8, 4) is 9.88 Å². The van der Waals surface area contributed by atoms with Crippen molar-refractivity contribution in [3.63, 3.8) is 0 Å². The van der Waals surface area contributed by atoms with Gasteiger partial charge in [0.2, 0.25) is 0 Å². The monoisotopic (exact) mass is 377 g/mol. The lowest BCUT2D eigenvalue weighted by Gasteiger charge is -2.07. The molecule has 124 valence electrons. The summed E-state index contributed by atoms with van der Waals surface area (Å²) < 4.78 is 0. The minimum Gasteiger partial charge on any atom is -0.334 e. The molecule has 2 N–H and O–H groups in total. The number of hydrogen-bond donors (Lipinski definition) is 2. The van der Waals surface area contributed by atoms with E-state index in [0.29, 0.717) is 18.1 Å². The molecule has 1 aromatic carbocycles. The van der Waals surface area contributed by atoms with Gasteiger partial charge in [0, 0.05) is 16.4 Å². The van der Waals surface area contributed by atoms with E-state index in [0.717, 1.165) is 26.0 Å². The van der Waals surface area contributed by atoms with E-state index < -0.39 is 0 Å². The first-order chi connectivity index (χ1) is 11.6. The van der Waals surface area contributed by atoms with Crippen LogP contribution in [0.3, 0.4) is 0 Å². The lowest BCUT2D eigenvalue weighted by Crippen LogP contribution is -2.34. The molecule has 0 saturated heterocycles. The predicted molar refractivity (Wildman–Crippen MR) is 101 cm³/mol. The number of rotatable bonds is 5. The second-order valence-corrected chi connectivity index (χ2v) is 7.64. The van der Waals surface area contributed by atoms with Gasteiger partial charge in [0.1, 0.15) is 5.01 Å². The van der Waals surface area contributed by atoms with Gasteiger partial charge in [0.15, 0.2) is 0 Å². The normalized spacial score (nSPS) is 10.6. The molecule has 0 atom stereocenters. The Kier molecular flexibility index (Phi) is 5.50. The summed E-state index contributed by atoms with van der Waals surface area (Å²) in [5.41, 5.74) is 1.96. The Bertz CT molecular complexity index is 813. The molecule has 0 unspecified atom stereocenters.